The second kappa shape index (κ2) is 5.05. The molecule has 84 valence electrons. The highest BCUT2D eigenvalue weighted by Gasteiger charge is 2.05. The number of rotatable bonds is 4. The van der Waals surface area contributed by atoms with Crippen molar-refractivity contribution in [3.05, 3.63) is 29.3 Å². The van der Waals surface area contributed by atoms with Crippen LogP contribution in [0.3, 0.4) is 0 Å². The monoisotopic (exact) mass is 235 g/mol. The molecule has 0 unspecified atom stereocenters. The van der Waals surface area contributed by atoms with Gasteiger partial charge >= 0.3 is 0 Å². The second-order valence-corrected chi connectivity index (χ2v) is 4.32. The Morgan fingerprint density at radius 1 is 1.25 bits per heavy atom. The summed E-state index contributed by atoms with van der Waals surface area (Å²) in [6, 6.07) is 7.83. The van der Waals surface area contributed by atoms with E-state index in [1.165, 1.54) is 0 Å². The third-order valence-electron chi connectivity index (χ3n) is 2.13. The number of aromatic nitrogens is 2. The quantitative estimate of drug-likeness (QED) is 0.879. The zero-order valence-corrected chi connectivity index (χ0v) is 10.0. The van der Waals surface area contributed by atoms with Crippen LogP contribution >= 0.6 is 11.3 Å². The van der Waals surface area contributed by atoms with E-state index in [-0.39, 0.29) is 0 Å². The fourth-order valence-corrected chi connectivity index (χ4v) is 2.18. The third-order valence-corrected chi connectivity index (χ3v) is 3.10. The highest BCUT2D eigenvalue weighted by Crippen LogP contribution is 2.25. The summed E-state index contributed by atoms with van der Waals surface area (Å²) < 4.78 is 5.11. The molecule has 0 aliphatic heterocycles. The van der Waals surface area contributed by atoms with E-state index in [0.717, 1.165) is 27.9 Å². The summed E-state index contributed by atoms with van der Waals surface area (Å²) in [7, 11) is 3.55. The molecule has 1 aromatic heterocycles. The van der Waals surface area contributed by atoms with Crippen molar-refractivity contribution in [2.75, 3.05) is 14.2 Å². The first kappa shape index (κ1) is 11.0. The number of methoxy groups -OCH3 is 1. The molecule has 0 bridgehead atoms. The molecule has 0 fully saturated rings. The van der Waals surface area contributed by atoms with Crippen molar-refractivity contribution in [2.45, 2.75) is 6.54 Å². The normalized spacial score (nSPS) is 10.4. The van der Waals surface area contributed by atoms with Gasteiger partial charge in [-0.3, -0.25) is 0 Å². The van der Waals surface area contributed by atoms with Gasteiger partial charge in [0, 0.05) is 12.1 Å². The molecule has 2 aromatic rings. The van der Waals surface area contributed by atoms with Crippen molar-refractivity contribution >= 4 is 11.3 Å². The molecule has 0 atom stereocenters. The summed E-state index contributed by atoms with van der Waals surface area (Å²) >= 11 is 1.60. The number of nitrogens with zero attached hydrogens (tertiary/aromatic N) is 2. The predicted molar refractivity (Wildman–Crippen MR) is 64.7 cm³/mol. The summed E-state index contributed by atoms with van der Waals surface area (Å²) in [5.74, 6) is 0.851. The smallest absolute Gasteiger partial charge is 0.147 e. The van der Waals surface area contributed by atoms with Crippen molar-refractivity contribution in [2.24, 2.45) is 0 Å². The minimum Gasteiger partial charge on any atom is -0.497 e. The summed E-state index contributed by atoms with van der Waals surface area (Å²) in [6.45, 7) is 0.758. The van der Waals surface area contributed by atoms with Gasteiger partial charge in [-0.1, -0.05) is 11.3 Å². The third kappa shape index (κ3) is 2.37. The Balaban J connectivity index is 2.21. The van der Waals surface area contributed by atoms with Crippen molar-refractivity contribution < 1.29 is 4.74 Å². The van der Waals surface area contributed by atoms with Crippen LogP contribution in [0.25, 0.3) is 10.6 Å². The Hall–Kier alpha value is -1.46. The average molecular weight is 235 g/mol. The van der Waals surface area contributed by atoms with Crippen LogP contribution in [0.4, 0.5) is 0 Å². The standard InChI is InChI=1S/C11H13N3OS/c1-12-7-10-13-14-11(16-10)8-3-5-9(15-2)6-4-8/h3-6,12H,7H2,1-2H3. The van der Waals surface area contributed by atoms with Gasteiger partial charge in [0.05, 0.1) is 7.11 Å². The minimum atomic E-state index is 0.758. The van der Waals surface area contributed by atoms with Gasteiger partial charge in [0.15, 0.2) is 0 Å². The van der Waals surface area contributed by atoms with Crippen LogP contribution in [0.1, 0.15) is 5.01 Å². The maximum atomic E-state index is 5.11. The van der Waals surface area contributed by atoms with E-state index in [4.69, 9.17) is 4.74 Å². The summed E-state index contributed by atoms with van der Waals surface area (Å²) in [5, 5.41) is 13.2. The first-order chi connectivity index (χ1) is 7.83. The molecule has 16 heavy (non-hydrogen) atoms. The number of nitrogens with one attached hydrogen (secondary N) is 1. The number of benzene rings is 1. The van der Waals surface area contributed by atoms with E-state index in [1.807, 2.05) is 31.3 Å². The maximum Gasteiger partial charge on any atom is 0.147 e. The lowest BCUT2D eigenvalue weighted by molar-refractivity contribution is 0.415. The van der Waals surface area contributed by atoms with Crippen molar-refractivity contribution in [1.29, 1.82) is 0 Å². The summed E-state index contributed by atoms with van der Waals surface area (Å²) in [5.41, 5.74) is 1.07. The van der Waals surface area contributed by atoms with Crippen molar-refractivity contribution in [3.63, 3.8) is 0 Å². The summed E-state index contributed by atoms with van der Waals surface area (Å²) in [4.78, 5) is 0. The van der Waals surface area contributed by atoms with E-state index in [9.17, 15) is 0 Å². The van der Waals surface area contributed by atoms with Crippen LogP contribution in [0.15, 0.2) is 24.3 Å². The number of hydrogen-bond acceptors (Lipinski definition) is 5. The zero-order valence-electron chi connectivity index (χ0n) is 9.23. The van der Waals surface area contributed by atoms with Gasteiger partial charge in [0.1, 0.15) is 15.8 Å². The van der Waals surface area contributed by atoms with Crippen LogP contribution in [-0.4, -0.2) is 24.4 Å². The Morgan fingerprint density at radius 3 is 2.62 bits per heavy atom. The first-order valence-corrected chi connectivity index (χ1v) is 5.76. The number of hydrogen-bond donors (Lipinski definition) is 1. The van der Waals surface area contributed by atoms with E-state index in [2.05, 4.69) is 15.5 Å². The fraction of sp³-hybridized carbons (Fsp3) is 0.273. The Bertz CT molecular complexity index is 453. The number of ether oxygens (including phenoxy) is 1. The molecule has 0 saturated heterocycles. The van der Waals surface area contributed by atoms with Crippen LogP contribution in [0.5, 0.6) is 5.75 Å². The molecule has 5 heteroatoms. The molecule has 0 spiro atoms. The maximum absolute atomic E-state index is 5.11. The van der Waals surface area contributed by atoms with Gasteiger partial charge in [-0.05, 0) is 31.3 Å². The molecule has 2 rings (SSSR count). The molecule has 0 radical (unpaired) electrons. The summed E-state index contributed by atoms with van der Waals surface area (Å²) in [6.07, 6.45) is 0. The molecule has 1 heterocycles. The van der Waals surface area contributed by atoms with Crippen LogP contribution in [0, 0.1) is 0 Å². The molecular weight excluding hydrogens is 222 g/mol. The fourth-order valence-electron chi connectivity index (χ4n) is 1.33. The molecule has 4 nitrogen and oxygen atoms in total. The Kier molecular flexibility index (Phi) is 3.48. The van der Waals surface area contributed by atoms with Gasteiger partial charge in [0.25, 0.3) is 0 Å². The lowest BCUT2D eigenvalue weighted by Crippen LogP contribution is -2.04. The lowest BCUT2D eigenvalue weighted by Gasteiger charge is -1.99. The molecule has 1 aromatic carbocycles. The van der Waals surface area contributed by atoms with E-state index in [1.54, 1.807) is 18.4 Å². The zero-order chi connectivity index (χ0) is 11.4. The largest absolute Gasteiger partial charge is 0.497 e. The van der Waals surface area contributed by atoms with Gasteiger partial charge in [0.2, 0.25) is 0 Å². The van der Waals surface area contributed by atoms with Crippen LogP contribution < -0.4 is 10.1 Å². The van der Waals surface area contributed by atoms with E-state index in [0.29, 0.717) is 0 Å². The minimum absolute atomic E-state index is 0.758. The Labute approximate surface area is 98.3 Å². The molecule has 0 saturated carbocycles. The van der Waals surface area contributed by atoms with Gasteiger partial charge < -0.3 is 10.1 Å². The first-order valence-electron chi connectivity index (χ1n) is 4.95. The van der Waals surface area contributed by atoms with Gasteiger partial charge in [-0.25, -0.2) is 0 Å². The average Bonchev–Trinajstić information content (AvgIpc) is 2.78. The second-order valence-electron chi connectivity index (χ2n) is 3.26. The molecule has 1 N–H and O–H groups in total. The van der Waals surface area contributed by atoms with Gasteiger partial charge in [-0.15, -0.1) is 10.2 Å². The molecule has 0 amide bonds. The molecule has 0 aliphatic rings. The lowest BCUT2D eigenvalue weighted by atomic mass is 10.2. The highest BCUT2D eigenvalue weighted by atomic mass is 32.1. The van der Waals surface area contributed by atoms with Crippen molar-refractivity contribution in [3.8, 4) is 16.3 Å². The van der Waals surface area contributed by atoms with Crippen molar-refractivity contribution in [1.82, 2.24) is 15.5 Å². The van der Waals surface area contributed by atoms with E-state index >= 15 is 0 Å². The molecular formula is C11H13N3OS. The van der Waals surface area contributed by atoms with Crippen LogP contribution in [-0.2, 0) is 6.54 Å². The molecule has 0 aliphatic carbocycles. The van der Waals surface area contributed by atoms with Gasteiger partial charge in [-0.2, -0.15) is 0 Å². The van der Waals surface area contributed by atoms with Crippen LogP contribution in [0.2, 0.25) is 0 Å². The topological polar surface area (TPSA) is 47.0 Å². The Morgan fingerprint density at radius 2 is 2.00 bits per heavy atom. The SMILES string of the molecule is CNCc1nnc(-c2ccc(OC)cc2)s1. The van der Waals surface area contributed by atoms with E-state index < -0.39 is 0 Å². The highest BCUT2D eigenvalue weighted by molar-refractivity contribution is 7.14. The predicted octanol–water partition coefficient (Wildman–Crippen LogP) is 1.93.